The maximum absolute atomic E-state index is 6.16. The van der Waals surface area contributed by atoms with Gasteiger partial charge in [-0.1, -0.05) is 0 Å². The Morgan fingerprint density at radius 3 is 2.67 bits per heavy atom. The highest BCUT2D eigenvalue weighted by Gasteiger charge is 2.53. The third-order valence-electron chi connectivity index (χ3n) is 3.84. The van der Waals surface area contributed by atoms with E-state index in [-0.39, 0.29) is 0 Å². The number of halogens is 1. The Balaban J connectivity index is 1.75. The van der Waals surface area contributed by atoms with E-state index in [1.807, 2.05) is 6.92 Å². The van der Waals surface area contributed by atoms with E-state index in [1.165, 1.54) is 24.3 Å². The van der Waals surface area contributed by atoms with E-state index in [2.05, 4.69) is 10.2 Å². The predicted octanol–water partition coefficient (Wildman–Crippen LogP) is 3.04. The van der Waals surface area contributed by atoms with E-state index in [9.17, 15) is 0 Å². The summed E-state index contributed by atoms with van der Waals surface area (Å²) in [6.45, 7) is 2.01. The fraction of sp³-hybridized carbons (Fsp3) is 0.818. The Bertz CT molecular complexity index is 366. The lowest BCUT2D eigenvalue weighted by Gasteiger charge is -2.26. The van der Waals surface area contributed by atoms with E-state index < -0.39 is 0 Å². The molecule has 1 aromatic rings. The number of alkyl halides is 1. The maximum atomic E-state index is 6.16. The van der Waals surface area contributed by atoms with Gasteiger partial charge < -0.3 is 0 Å². The minimum Gasteiger partial charge on any atom is -0.144 e. The average Bonchev–Trinajstić information content (AvgIpc) is 2.65. The zero-order valence-corrected chi connectivity index (χ0v) is 10.4. The van der Waals surface area contributed by atoms with E-state index in [4.69, 9.17) is 11.6 Å². The summed E-state index contributed by atoms with van der Waals surface area (Å²) in [6, 6.07) is 0. The smallest absolute Gasteiger partial charge is 0.118 e. The third-order valence-corrected chi connectivity index (χ3v) is 5.24. The van der Waals surface area contributed by atoms with Crippen molar-refractivity contribution in [2.24, 2.45) is 17.3 Å². The standard InChI is InChI=1S/C11H15ClN2S/c1-7-13-14-10(15-7)5-11(6-12)3-8-2-9(8)4-11/h8-9H,2-6H2,1H3. The normalized spacial score (nSPS) is 38.0. The first-order valence-electron chi connectivity index (χ1n) is 5.56. The molecule has 0 aromatic carbocycles. The number of aryl methyl sites for hydroxylation is 1. The maximum Gasteiger partial charge on any atom is 0.118 e. The van der Waals surface area contributed by atoms with Gasteiger partial charge in [-0.2, -0.15) is 0 Å². The van der Waals surface area contributed by atoms with E-state index in [1.54, 1.807) is 11.3 Å². The highest BCUT2D eigenvalue weighted by atomic mass is 35.5. The third kappa shape index (κ3) is 1.80. The SMILES string of the molecule is Cc1nnc(CC2(CCl)CC3CC3C2)s1. The average molecular weight is 243 g/mol. The van der Waals surface area contributed by atoms with Crippen molar-refractivity contribution in [1.29, 1.82) is 0 Å². The van der Waals surface area contributed by atoms with Crippen molar-refractivity contribution in [2.75, 3.05) is 5.88 Å². The molecule has 2 fully saturated rings. The van der Waals surface area contributed by atoms with Gasteiger partial charge in [-0.25, -0.2) is 0 Å². The molecule has 2 aliphatic rings. The van der Waals surface area contributed by atoms with Crippen molar-refractivity contribution >= 4 is 22.9 Å². The minimum absolute atomic E-state index is 0.348. The lowest BCUT2D eigenvalue weighted by atomic mass is 9.82. The number of hydrogen-bond donors (Lipinski definition) is 0. The molecule has 0 radical (unpaired) electrons. The van der Waals surface area contributed by atoms with Gasteiger partial charge in [0.25, 0.3) is 0 Å². The van der Waals surface area contributed by atoms with Crippen LogP contribution in [0.1, 0.15) is 29.3 Å². The molecule has 0 N–H and O–H groups in total. The molecule has 2 saturated carbocycles. The molecule has 2 nitrogen and oxygen atoms in total. The Morgan fingerprint density at radius 1 is 1.40 bits per heavy atom. The van der Waals surface area contributed by atoms with Crippen molar-refractivity contribution < 1.29 is 0 Å². The summed E-state index contributed by atoms with van der Waals surface area (Å²) in [7, 11) is 0. The fourth-order valence-corrected chi connectivity index (χ4v) is 4.23. The molecule has 0 saturated heterocycles. The topological polar surface area (TPSA) is 25.8 Å². The van der Waals surface area contributed by atoms with Crippen LogP contribution in [0, 0.1) is 24.2 Å². The van der Waals surface area contributed by atoms with Crippen LogP contribution in [-0.4, -0.2) is 16.1 Å². The van der Waals surface area contributed by atoms with Gasteiger partial charge >= 0.3 is 0 Å². The predicted molar refractivity (Wildman–Crippen MR) is 62.3 cm³/mol. The largest absolute Gasteiger partial charge is 0.144 e. The molecule has 4 heteroatoms. The molecule has 2 unspecified atom stereocenters. The highest BCUT2D eigenvalue weighted by Crippen LogP contribution is 2.61. The van der Waals surface area contributed by atoms with Crippen LogP contribution < -0.4 is 0 Å². The molecule has 0 amide bonds. The molecular weight excluding hydrogens is 228 g/mol. The molecule has 15 heavy (non-hydrogen) atoms. The number of nitrogens with zero attached hydrogens (tertiary/aromatic N) is 2. The summed E-state index contributed by atoms with van der Waals surface area (Å²) in [4.78, 5) is 0. The number of aromatic nitrogens is 2. The molecule has 0 aliphatic heterocycles. The van der Waals surface area contributed by atoms with Gasteiger partial charge in [0.2, 0.25) is 0 Å². The van der Waals surface area contributed by atoms with Crippen molar-refractivity contribution in [2.45, 2.75) is 32.6 Å². The summed E-state index contributed by atoms with van der Waals surface area (Å²) in [5.41, 5.74) is 0.348. The molecular formula is C11H15ClN2S. The quantitative estimate of drug-likeness (QED) is 0.762. The molecule has 1 heterocycles. The summed E-state index contributed by atoms with van der Waals surface area (Å²) in [5, 5.41) is 10.5. The van der Waals surface area contributed by atoms with Gasteiger partial charge in [0.15, 0.2) is 0 Å². The molecule has 0 spiro atoms. The van der Waals surface area contributed by atoms with Crippen LogP contribution >= 0.6 is 22.9 Å². The molecule has 3 rings (SSSR count). The van der Waals surface area contributed by atoms with Crippen LogP contribution in [0.4, 0.5) is 0 Å². The molecule has 0 bridgehead atoms. The Morgan fingerprint density at radius 2 is 2.13 bits per heavy atom. The van der Waals surface area contributed by atoms with E-state index in [0.717, 1.165) is 29.1 Å². The summed E-state index contributed by atoms with van der Waals surface area (Å²) in [6.07, 6.45) is 5.14. The van der Waals surface area contributed by atoms with Crippen molar-refractivity contribution in [3.8, 4) is 0 Å². The molecule has 2 atom stereocenters. The van der Waals surface area contributed by atoms with Crippen LogP contribution in [0.5, 0.6) is 0 Å². The first-order valence-corrected chi connectivity index (χ1v) is 6.91. The van der Waals surface area contributed by atoms with Crippen LogP contribution in [-0.2, 0) is 6.42 Å². The van der Waals surface area contributed by atoms with Crippen molar-refractivity contribution in [3.63, 3.8) is 0 Å². The van der Waals surface area contributed by atoms with E-state index >= 15 is 0 Å². The highest BCUT2D eigenvalue weighted by molar-refractivity contribution is 7.11. The second kappa shape index (κ2) is 3.42. The first-order chi connectivity index (χ1) is 7.21. The van der Waals surface area contributed by atoms with Gasteiger partial charge in [-0.05, 0) is 43.4 Å². The van der Waals surface area contributed by atoms with Crippen LogP contribution in [0.3, 0.4) is 0 Å². The summed E-state index contributed by atoms with van der Waals surface area (Å²) < 4.78 is 0. The second-order valence-electron chi connectivity index (χ2n) is 5.19. The monoisotopic (exact) mass is 242 g/mol. The van der Waals surface area contributed by atoms with Crippen molar-refractivity contribution in [3.05, 3.63) is 10.0 Å². The number of fused-ring (bicyclic) bond motifs is 1. The number of rotatable bonds is 3. The van der Waals surface area contributed by atoms with Gasteiger partial charge in [-0.3, -0.25) is 0 Å². The van der Waals surface area contributed by atoms with E-state index in [0.29, 0.717) is 5.41 Å². The molecule has 1 aromatic heterocycles. The summed E-state index contributed by atoms with van der Waals surface area (Å²) in [5.74, 6) is 2.76. The summed E-state index contributed by atoms with van der Waals surface area (Å²) >= 11 is 7.89. The van der Waals surface area contributed by atoms with Gasteiger partial charge in [-0.15, -0.1) is 33.1 Å². The van der Waals surface area contributed by atoms with Crippen LogP contribution in [0.25, 0.3) is 0 Å². The molecule has 82 valence electrons. The Kier molecular flexibility index (Phi) is 2.29. The van der Waals surface area contributed by atoms with Crippen LogP contribution in [0.2, 0.25) is 0 Å². The lowest BCUT2D eigenvalue weighted by Crippen LogP contribution is -2.23. The van der Waals surface area contributed by atoms with Crippen molar-refractivity contribution in [1.82, 2.24) is 10.2 Å². The lowest BCUT2D eigenvalue weighted by molar-refractivity contribution is 0.302. The second-order valence-corrected chi connectivity index (χ2v) is 6.72. The Hall–Kier alpha value is -0.150. The first kappa shape index (κ1) is 10.0. The van der Waals surface area contributed by atoms with Gasteiger partial charge in [0, 0.05) is 12.3 Å². The number of hydrogen-bond acceptors (Lipinski definition) is 3. The zero-order valence-electron chi connectivity index (χ0n) is 8.87. The fourth-order valence-electron chi connectivity index (χ4n) is 3.04. The minimum atomic E-state index is 0.348. The van der Waals surface area contributed by atoms with Gasteiger partial charge in [0.05, 0.1) is 0 Å². The zero-order chi connectivity index (χ0) is 10.5. The van der Waals surface area contributed by atoms with Gasteiger partial charge in [0.1, 0.15) is 10.0 Å². The Labute approximate surface area is 99.1 Å². The molecule has 2 aliphatic carbocycles. The van der Waals surface area contributed by atoms with Crippen LogP contribution in [0.15, 0.2) is 0 Å².